The van der Waals surface area contributed by atoms with Gasteiger partial charge in [0.2, 0.25) is 0 Å². The van der Waals surface area contributed by atoms with Crippen LogP contribution in [0.2, 0.25) is 0 Å². The lowest BCUT2D eigenvalue weighted by Gasteiger charge is -2.11. The van der Waals surface area contributed by atoms with Crippen LogP contribution in [0.4, 0.5) is 5.69 Å². The van der Waals surface area contributed by atoms with E-state index in [4.69, 9.17) is 9.84 Å². The molecular formula is C18H15NO7. The third kappa shape index (κ3) is 4.04. The quantitative estimate of drug-likeness (QED) is 0.677. The zero-order valence-electron chi connectivity index (χ0n) is 13.7. The molecule has 2 rings (SSSR count). The van der Waals surface area contributed by atoms with E-state index >= 15 is 0 Å². The van der Waals surface area contributed by atoms with Gasteiger partial charge in [0.1, 0.15) is 0 Å². The number of carboxylic acid groups (broad SMARTS) is 2. The maximum absolute atomic E-state index is 12.3. The number of anilines is 1. The van der Waals surface area contributed by atoms with Crippen LogP contribution in [0.25, 0.3) is 0 Å². The summed E-state index contributed by atoms with van der Waals surface area (Å²) in [7, 11) is 0. The molecule has 2 aromatic carbocycles. The Balaban J connectivity index is 2.28. The molecule has 1 amide bonds. The van der Waals surface area contributed by atoms with E-state index in [0.717, 1.165) is 6.07 Å². The van der Waals surface area contributed by atoms with E-state index in [9.17, 15) is 24.3 Å². The first-order chi connectivity index (χ1) is 12.3. The molecule has 8 heteroatoms. The number of carboxylic acids is 2. The molecule has 3 N–H and O–H groups in total. The fourth-order valence-electron chi connectivity index (χ4n) is 2.23. The van der Waals surface area contributed by atoms with Crippen molar-refractivity contribution in [3.63, 3.8) is 0 Å². The van der Waals surface area contributed by atoms with Gasteiger partial charge in [0.15, 0.2) is 0 Å². The van der Waals surface area contributed by atoms with Crippen LogP contribution in [0, 0.1) is 0 Å². The van der Waals surface area contributed by atoms with Gasteiger partial charge in [-0.15, -0.1) is 0 Å². The molecule has 2 aromatic rings. The topological polar surface area (TPSA) is 130 Å². The highest BCUT2D eigenvalue weighted by molar-refractivity contribution is 6.11. The van der Waals surface area contributed by atoms with Gasteiger partial charge in [-0.2, -0.15) is 0 Å². The van der Waals surface area contributed by atoms with Crippen molar-refractivity contribution in [1.29, 1.82) is 0 Å². The van der Waals surface area contributed by atoms with Crippen molar-refractivity contribution in [2.45, 2.75) is 6.92 Å². The zero-order chi connectivity index (χ0) is 19.3. The Kier molecular flexibility index (Phi) is 5.69. The van der Waals surface area contributed by atoms with Crippen molar-refractivity contribution in [2.24, 2.45) is 0 Å². The predicted octanol–water partition coefficient (Wildman–Crippen LogP) is 2.51. The van der Waals surface area contributed by atoms with Crippen molar-refractivity contribution in [3.05, 3.63) is 64.7 Å². The van der Waals surface area contributed by atoms with Gasteiger partial charge in [0.25, 0.3) is 5.91 Å². The minimum absolute atomic E-state index is 0.142. The van der Waals surface area contributed by atoms with E-state index in [1.165, 1.54) is 36.4 Å². The molecule has 26 heavy (non-hydrogen) atoms. The number of benzene rings is 2. The molecular weight excluding hydrogens is 342 g/mol. The number of hydrogen-bond acceptors (Lipinski definition) is 5. The lowest BCUT2D eigenvalue weighted by Crippen LogP contribution is -2.17. The average Bonchev–Trinajstić information content (AvgIpc) is 2.61. The normalized spacial score (nSPS) is 10.0. The highest BCUT2D eigenvalue weighted by Crippen LogP contribution is 2.21. The van der Waals surface area contributed by atoms with Crippen LogP contribution in [-0.2, 0) is 4.74 Å². The molecule has 0 radical (unpaired) electrons. The van der Waals surface area contributed by atoms with Crippen LogP contribution in [-0.4, -0.2) is 40.6 Å². The van der Waals surface area contributed by atoms with Crippen LogP contribution < -0.4 is 5.32 Å². The van der Waals surface area contributed by atoms with Gasteiger partial charge in [-0.3, -0.25) is 4.79 Å². The number of esters is 1. The number of nitrogens with one attached hydrogen (secondary N) is 1. The van der Waals surface area contributed by atoms with Crippen LogP contribution in [0.3, 0.4) is 0 Å². The first-order valence-electron chi connectivity index (χ1n) is 7.53. The molecule has 0 aliphatic carbocycles. The molecule has 0 atom stereocenters. The second kappa shape index (κ2) is 7.93. The largest absolute Gasteiger partial charge is 0.478 e. The number of carbonyl (C=O) groups is 4. The minimum Gasteiger partial charge on any atom is -0.478 e. The summed E-state index contributed by atoms with van der Waals surface area (Å²) in [6.07, 6.45) is 0. The zero-order valence-corrected chi connectivity index (χ0v) is 13.7. The van der Waals surface area contributed by atoms with Crippen molar-refractivity contribution in [1.82, 2.24) is 0 Å². The standard InChI is InChI=1S/C18H15NO7/c1-2-26-18(25)11-8-6-10(7-9-11)15(20)19-13-5-3-4-12(16(21)22)14(13)17(23)24/h3-9H,2H2,1H3,(H,19,20)(H,21,22)(H,23,24). The number of carbonyl (C=O) groups excluding carboxylic acids is 2. The van der Waals surface area contributed by atoms with Gasteiger partial charge in [-0.25, -0.2) is 14.4 Å². The van der Waals surface area contributed by atoms with Gasteiger partial charge in [0, 0.05) is 5.56 Å². The molecule has 8 nitrogen and oxygen atoms in total. The second-order valence-electron chi connectivity index (χ2n) is 5.09. The van der Waals surface area contributed by atoms with Gasteiger partial charge < -0.3 is 20.3 Å². The SMILES string of the molecule is CCOC(=O)c1ccc(C(=O)Nc2cccc(C(=O)O)c2C(=O)O)cc1. The van der Waals surface area contributed by atoms with Gasteiger partial charge >= 0.3 is 17.9 Å². The maximum atomic E-state index is 12.3. The third-order valence-corrected chi connectivity index (χ3v) is 3.42. The lowest BCUT2D eigenvalue weighted by atomic mass is 10.0. The Bertz CT molecular complexity index is 872. The molecule has 0 fully saturated rings. The number of aromatic carboxylic acids is 2. The Labute approximate surface area is 148 Å². The summed E-state index contributed by atoms with van der Waals surface area (Å²) in [6.45, 7) is 1.89. The summed E-state index contributed by atoms with van der Waals surface area (Å²) in [6, 6.07) is 9.31. The average molecular weight is 357 g/mol. The molecule has 0 heterocycles. The van der Waals surface area contributed by atoms with Gasteiger partial charge in [-0.05, 0) is 43.3 Å². The summed E-state index contributed by atoms with van der Waals surface area (Å²) in [5, 5.41) is 20.7. The number of hydrogen-bond donors (Lipinski definition) is 3. The van der Waals surface area contributed by atoms with Gasteiger partial charge in [-0.1, -0.05) is 6.07 Å². The van der Waals surface area contributed by atoms with Crippen molar-refractivity contribution >= 4 is 29.5 Å². The summed E-state index contributed by atoms with van der Waals surface area (Å²) in [4.78, 5) is 46.5. The molecule has 0 unspecified atom stereocenters. The summed E-state index contributed by atoms with van der Waals surface area (Å²) >= 11 is 0. The number of rotatable bonds is 6. The van der Waals surface area contributed by atoms with Crippen LogP contribution in [0.15, 0.2) is 42.5 Å². The molecule has 0 saturated heterocycles. The van der Waals surface area contributed by atoms with Crippen molar-refractivity contribution in [3.8, 4) is 0 Å². The van der Waals surface area contributed by atoms with E-state index in [-0.39, 0.29) is 23.4 Å². The Hall–Kier alpha value is -3.68. The molecule has 0 aromatic heterocycles. The van der Waals surface area contributed by atoms with Crippen LogP contribution in [0.1, 0.15) is 48.4 Å². The molecule has 0 saturated carbocycles. The molecule has 0 spiro atoms. The van der Waals surface area contributed by atoms with Crippen LogP contribution >= 0.6 is 0 Å². The summed E-state index contributed by atoms with van der Waals surface area (Å²) < 4.78 is 4.84. The second-order valence-corrected chi connectivity index (χ2v) is 5.09. The minimum atomic E-state index is -1.48. The van der Waals surface area contributed by atoms with Crippen molar-refractivity contribution < 1.29 is 34.1 Å². The van der Waals surface area contributed by atoms with E-state index < -0.39 is 34.9 Å². The maximum Gasteiger partial charge on any atom is 0.338 e. The Morgan fingerprint density at radius 2 is 1.54 bits per heavy atom. The predicted molar refractivity (Wildman–Crippen MR) is 90.7 cm³/mol. The number of ether oxygens (including phenoxy) is 1. The van der Waals surface area contributed by atoms with Crippen molar-refractivity contribution in [2.75, 3.05) is 11.9 Å². The fraction of sp³-hybridized carbons (Fsp3) is 0.111. The molecule has 0 aliphatic rings. The first kappa shape index (κ1) is 18.7. The number of amides is 1. The van der Waals surface area contributed by atoms with Gasteiger partial charge in [0.05, 0.1) is 29.0 Å². The van der Waals surface area contributed by atoms with E-state index in [2.05, 4.69) is 5.32 Å². The lowest BCUT2D eigenvalue weighted by molar-refractivity contribution is 0.0525. The van der Waals surface area contributed by atoms with E-state index in [1.807, 2.05) is 0 Å². The summed E-state index contributed by atoms with van der Waals surface area (Å²) in [5.41, 5.74) is -0.668. The Morgan fingerprint density at radius 3 is 2.08 bits per heavy atom. The monoisotopic (exact) mass is 357 g/mol. The Morgan fingerprint density at radius 1 is 0.923 bits per heavy atom. The highest BCUT2D eigenvalue weighted by atomic mass is 16.5. The molecule has 0 aliphatic heterocycles. The fourth-order valence-corrected chi connectivity index (χ4v) is 2.23. The highest BCUT2D eigenvalue weighted by Gasteiger charge is 2.21. The first-order valence-corrected chi connectivity index (χ1v) is 7.53. The summed E-state index contributed by atoms with van der Waals surface area (Å²) in [5.74, 6) is -4.07. The third-order valence-electron chi connectivity index (χ3n) is 3.42. The molecule has 134 valence electrons. The molecule has 0 bridgehead atoms. The van der Waals surface area contributed by atoms with E-state index in [1.54, 1.807) is 6.92 Å². The van der Waals surface area contributed by atoms with Crippen LogP contribution in [0.5, 0.6) is 0 Å². The van der Waals surface area contributed by atoms with E-state index in [0.29, 0.717) is 0 Å². The smallest absolute Gasteiger partial charge is 0.338 e.